The molecule has 1 saturated heterocycles. The van der Waals surface area contributed by atoms with E-state index in [1.54, 1.807) is 4.90 Å². The molecule has 0 atom stereocenters. The largest absolute Gasteiger partial charge is 0.491 e. The lowest BCUT2D eigenvalue weighted by Gasteiger charge is -2.27. The van der Waals surface area contributed by atoms with Crippen LogP contribution < -0.4 is 26.2 Å². The zero-order valence-electron chi connectivity index (χ0n) is 24.7. The molecule has 3 aromatic rings. The van der Waals surface area contributed by atoms with Crippen molar-refractivity contribution in [3.8, 4) is 5.75 Å². The predicted octanol–water partition coefficient (Wildman–Crippen LogP) is 1.36. The van der Waals surface area contributed by atoms with Crippen molar-refractivity contribution in [2.75, 3.05) is 50.8 Å². The van der Waals surface area contributed by atoms with Gasteiger partial charge in [0.25, 0.3) is 5.56 Å². The number of para-hydroxylation sites is 1. The minimum Gasteiger partial charge on any atom is -0.419 e. The van der Waals surface area contributed by atoms with Crippen molar-refractivity contribution < 1.29 is 45.4 Å². The van der Waals surface area contributed by atoms with Gasteiger partial charge in [0.2, 0.25) is 11.9 Å². The highest BCUT2D eigenvalue weighted by Gasteiger charge is 2.44. The summed E-state index contributed by atoms with van der Waals surface area (Å²) in [5, 5.41) is 3.18. The normalized spacial score (nSPS) is 17.2. The third-order valence-electron chi connectivity index (χ3n) is 8.27. The number of nitrogens with one attached hydrogen (secondary N) is 1. The highest BCUT2D eigenvalue weighted by atomic mass is 19.4. The molecule has 19 heteroatoms. The Hall–Kier alpha value is -4.65. The van der Waals surface area contributed by atoms with Crippen molar-refractivity contribution in [1.29, 1.82) is 0 Å². The van der Waals surface area contributed by atoms with Gasteiger partial charge in [0.05, 0.1) is 25.3 Å². The fraction of sp³-hybridized carbons (Fsp3) is 0.464. The van der Waals surface area contributed by atoms with Crippen LogP contribution in [0.25, 0.3) is 11.2 Å². The van der Waals surface area contributed by atoms with Crippen LogP contribution in [0.15, 0.2) is 39.1 Å². The molecule has 252 valence electrons. The average molecular weight is 672 g/mol. The van der Waals surface area contributed by atoms with Gasteiger partial charge < -0.3 is 24.6 Å². The number of hydrogen-bond donors (Lipinski definition) is 1. The maximum absolute atomic E-state index is 14.0. The van der Waals surface area contributed by atoms with Gasteiger partial charge in [-0.1, -0.05) is 12.1 Å². The number of carbonyl (C=O) groups is 2. The van der Waals surface area contributed by atoms with Gasteiger partial charge in [0, 0.05) is 51.0 Å². The lowest BCUT2D eigenvalue weighted by molar-refractivity contribution is -0.190. The highest BCUT2D eigenvalue weighted by molar-refractivity contribution is 5.80. The van der Waals surface area contributed by atoms with E-state index in [2.05, 4.69) is 15.0 Å². The van der Waals surface area contributed by atoms with E-state index in [1.807, 2.05) is 0 Å². The van der Waals surface area contributed by atoms with Crippen LogP contribution in [0, 0.1) is 0 Å². The Morgan fingerprint density at radius 3 is 2.43 bits per heavy atom. The van der Waals surface area contributed by atoms with Crippen molar-refractivity contribution in [3.63, 3.8) is 0 Å². The Morgan fingerprint density at radius 2 is 1.74 bits per heavy atom. The molecule has 3 aliphatic heterocycles. The number of esters is 1. The van der Waals surface area contributed by atoms with E-state index in [9.17, 15) is 45.5 Å². The average Bonchev–Trinajstić information content (AvgIpc) is 3.74. The number of amides is 1. The van der Waals surface area contributed by atoms with Gasteiger partial charge in [-0.3, -0.25) is 18.7 Å². The first kappa shape index (κ1) is 32.3. The summed E-state index contributed by atoms with van der Waals surface area (Å²) in [6, 6.07) is 2.41. The molecule has 0 spiro atoms. The van der Waals surface area contributed by atoms with Crippen molar-refractivity contribution >= 4 is 29.0 Å². The molecule has 2 aromatic heterocycles. The Balaban J connectivity index is 1.55. The van der Waals surface area contributed by atoms with Gasteiger partial charge in [-0.2, -0.15) is 31.3 Å². The first-order valence-corrected chi connectivity index (χ1v) is 14.4. The zero-order valence-corrected chi connectivity index (χ0v) is 24.7. The molecule has 0 aliphatic carbocycles. The number of alkyl halides is 6. The molecule has 3 aliphatic rings. The first-order chi connectivity index (χ1) is 22.2. The summed E-state index contributed by atoms with van der Waals surface area (Å²) in [7, 11) is 1.30. The number of anilines is 1. The minimum atomic E-state index is -5.62. The number of ether oxygens (including phenoxy) is 2. The molecular weight excluding hydrogens is 644 g/mol. The summed E-state index contributed by atoms with van der Waals surface area (Å²) < 4.78 is 94.1. The summed E-state index contributed by atoms with van der Waals surface area (Å²) in [5.41, 5.74) is -2.74. The molecule has 1 N–H and O–H groups in total. The lowest BCUT2D eigenvalue weighted by Crippen LogP contribution is -2.47. The van der Waals surface area contributed by atoms with Crippen LogP contribution in [-0.2, 0) is 40.6 Å². The van der Waals surface area contributed by atoms with Crippen molar-refractivity contribution in [2.24, 2.45) is 7.05 Å². The zero-order chi connectivity index (χ0) is 33.8. The van der Waals surface area contributed by atoms with Crippen molar-refractivity contribution in [2.45, 2.75) is 31.9 Å². The second kappa shape index (κ2) is 11.9. The number of rotatable bonds is 6. The molecule has 0 unspecified atom stereocenters. The molecule has 0 radical (unpaired) electrons. The summed E-state index contributed by atoms with van der Waals surface area (Å²) in [5.74, 6) is -4.80. The SMILES string of the molecule is Cn1c(=O)n(CC(=O)N2CCOCC2)c(=O)c2c1nc(N1CCC3=C1CNC3)n2Cc1cccc(C(F)(F)F)c1OC(=O)C(F)(F)F. The van der Waals surface area contributed by atoms with Gasteiger partial charge in [0.15, 0.2) is 11.2 Å². The van der Waals surface area contributed by atoms with Crippen LogP contribution in [0.4, 0.5) is 32.3 Å². The quantitative estimate of drug-likeness (QED) is 0.235. The number of aryl methyl sites for hydroxylation is 1. The van der Waals surface area contributed by atoms with Crippen LogP contribution in [0.5, 0.6) is 5.75 Å². The second-order valence-corrected chi connectivity index (χ2v) is 11.1. The van der Waals surface area contributed by atoms with E-state index in [4.69, 9.17) is 4.74 Å². The Kier molecular flexibility index (Phi) is 8.15. The maximum Gasteiger partial charge on any atom is 0.491 e. The summed E-state index contributed by atoms with van der Waals surface area (Å²) in [6.45, 7) is 0.896. The van der Waals surface area contributed by atoms with Gasteiger partial charge in [-0.15, -0.1) is 0 Å². The van der Waals surface area contributed by atoms with Crippen LogP contribution in [0.3, 0.4) is 0 Å². The Morgan fingerprint density at radius 1 is 1.02 bits per heavy atom. The molecule has 5 heterocycles. The fourth-order valence-corrected chi connectivity index (χ4v) is 5.96. The van der Waals surface area contributed by atoms with Crippen molar-refractivity contribution in [3.05, 3.63) is 61.4 Å². The molecule has 1 fully saturated rings. The maximum atomic E-state index is 14.0. The Bertz CT molecular complexity index is 1920. The van der Waals surface area contributed by atoms with Crippen LogP contribution in [0.1, 0.15) is 17.5 Å². The van der Waals surface area contributed by atoms with E-state index in [-0.39, 0.29) is 43.4 Å². The number of hydrogen-bond acceptors (Lipinski definition) is 9. The fourth-order valence-electron chi connectivity index (χ4n) is 5.96. The van der Waals surface area contributed by atoms with Gasteiger partial charge in [0.1, 0.15) is 12.3 Å². The highest BCUT2D eigenvalue weighted by Crippen LogP contribution is 2.40. The van der Waals surface area contributed by atoms with Crippen molar-refractivity contribution in [1.82, 2.24) is 28.9 Å². The first-order valence-electron chi connectivity index (χ1n) is 14.4. The van der Waals surface area contributed by atoms with E-state index in [0.717, 1.165) is 28.0 Å². The van der Waals surface area contributed by atoms with E-state index >= 15 is 0 Å². The number of halogens is 6. The third kappa shape index (κ3) is 5.88. The van der Waals surface area contributed by atoms with Crippen LogP contribution in [-0.4, -0.2) is 87.6 Å². The molecule has 0 bridgehead atoms. The van der Waals surface area contributed by atoms with Crippen LogP contribution >= 0.6 is 0 Å². The topological polar surface area (TPSA) is 133 Å². The number of aromatic nitrogens is 4. The summed E-state index contributed by atoms with van der Waals surface area (Å²) in [4.78, 5) is 60.0. The standard InChI is InChI=1S/C28H27F6N7O6/c1-37-22-20(23(43)41(26(37)45)14-19(42)38-7-9-46-10-8-38)40(25(36-22)39-6-5-15-11-35-12-18(15)39)13-16-3-2-4-17(27(29,30)31)21(16)47-24(44)28(32,33)34/h2-4,35H,5-14H2,1H3. The van der Waals surface area contributed by atoms with E-state index < -0.39 is 65.4 Å². The van der Waals surface area contributed by atoms with E-state index in [0.29, 0.717) is 36.7 Å². The van der Waals surface area contributed by atoms with Gasteiger partial charge >= 0.3 is 24.0 Å². The summed E-state index contributed by atoms with van der Waals surface area (Å²) in [6.07, 6.45) is -10.3. The monoisotopic (exact) mass is 671 g/mol. The lowest BCUT2D eigenvalue weighted by atomic mass is 10.1. The summed E-state index contributed by atoms with van der Waals surface area (Å²) >= 11 is 0. The molecule has 47 heavy (non-hydrogen) atoms. The number of fused-ring (bicyclic) bond motifs is 1. The number of carbonyl (C=O) groups excluding carboxylic acids is 2. The number of nitrogens with zero attached hydrogens (tertiary/aromatic N) is 6. The number of morpholine rings is 1. The molecule has 6 rings (SSSR count). The van der Waals surface area contributed by atoms with Gasteiger partial charge in [-0.25, -0.2) is 14.2 Å². The number of imidazole rings is 1. The minimum absolute atomic E-state index is 0.0172. The molecule has 1 amide bonds. The molecular formula is C28H27F6N7O6. The van der Waals surface area contributed by atoms with Crippen LogP contribution in [0.2, 0.25) is 0 Å². The molecule has 13 nitrogen and oxygen atoms in total. The van der Waals surface area contributed by atoms with Gasteiger partial charge in [-0.05, 0) is 18.1 Å². The second-order valence-electron chi connectivity index (χ2n) is 11.1. The Labute approximate surface area is 260 Å². The molecule has 0 saturated carbocycles. The predicted molar refractivity (Wildman–Crippen MR) is 151 cm³/mol. The molecule has 1 aromatic carbocycles. The smallest absolute Gasteiger partial charge is 0.419 e. The van der Waals surface area contributed by atoms with E-state index in [1.165, 1.54) is 16.5 Å². The number of benzene rings is 1. The third-order valence-corrected chi connectivity index (χ3v) is 8.27.